The van der Waals surface area contributed by atoms with Crippen molar-refractivity contribution in [2.75, 3.05) is 30.7 Å². The van der Waals surface area contributed by atoms with Gasteiger partial charge in [0.2, 0.25) is 15.9 Å². The maximum absolute atomic E-state index is 13.0. The Balaban J connectivity index is 1.47. The number of nitrogens with one attached hydrogen (secondary N) is 2. The zero-order valence-corrected chi connectivity index (χ0v) is 24.5. The predicted octanol–water partition coefficient (Wildman–Crippen LogP) is 3.02. The quantitative estimate of drug-likeness (QED) is 0.275. The van der Waals surface area contributed by atoms with Gasteiger partial charge in [-0.05, 0) is 73.6 Å². The van der Waals surface area contributed by atoms with Crippen molar-refractivity contribution in [1.82, 2.24) is 20.4 Å². The third-order valence-electron chi connectivity index (χ3n) is 7.30. The van der Waals surface area contributed by atoms with E-state index in [1.807, 2.05) is 30.3 Å². The van der Waals surface area contributed by atoms with Crippen molar-refractivity contribution < 1.29 is 27.9 Å². The molecule has 2 atom stereocenters. The summed E-state index contributed by atoms with van der Waals surface area (Å²) in [7, 11) is -2.14. The van der Waals surface area contributed by atoms with Crippen LogP contribution in [0, 0.1) is 11.8 Å². The summed E-state index contributed by atoms with van der Waals surface area (Å²) in [6.07, 6.45) is 3.63. The van der Waals surface area contributed by atoms with Gasteiger partial charge in [0.05, 0.1) is 35.0 Å². The topological polar surface area (TPSA) is 151 Å². The lowest BCUT2D eigenvalue weighted by atomic mass is 10.0. The zero-order chi connectivity index (χ0) is 28.8. The number of halogens is 1. The molecule has 13 heteroatoms. The SMILES string of the molecule is CNC(=O)c1c2cc(C3CC3)c(N(CCCNC(=O)C3CC3C(=O)O)S(C)(=O)=O)cc2nn1-c1ccc(Br)cc1. The smallest absolute Gasteiger partial charge is 0.307 e. The fourth-order valence-electron chi connectivity index (χ4n) is 4.97. The minimum atomic E-state index is -3.70. The van der Waals surface area contributed by atoms with E-state index in [-0.39, 0.29) is 30.8 Å². The van der Waals surface area contributed by atoms with Gasteiger partial charge >= 0.3 is 5.97 Å². The van der Waals surface area contributed by atoms with Crippen LogP contribution >= 0.6 is 15.9 Å². The van der Waals surface area contributed by atoms with Gasteiger partial charge in [0.1, 0.15) is 5.69 Å². The Morgan fingerprint density at radius 3 is 2.42 bits per heavy atom. The van der Waals surface area contributed by atoms with E-state index >= 15 is 0 Å². The second kappa shape index (κ2) is 10.8. The van der Waals surface area contributed by atoms with Crippen molar-refractivity contribution in [3.63, 3.8) is 0 Å². The molecule has 3 aromatic rings. The molecule has 5 rings (SSSR count). The maximum Gasteiger partial charge on any atom is 0.307 e. The van der Waals surface area contributed by atoms with Crippen molar-refractivity contribution in [2.45, 2.75) is 31.6 Å². The van der Waals surface area contributed by atoms with E-state index in [9.17, 15) is 22.8 Å². The number of carbonyl (C=O) groups is 3. The molecule has 2 fully saturated rings. The van der Waals surface area contributed by atoms with E-state index in [0.717, 1.165) is 29.1 Å². The third kappa shape index (κ3) is 5.71. The van der Waals surface area contributed by atoms with Crippen LogP contribution < -0.4 is 14.9 Å². The summed E-state index contributed by atoms with van der Waals surface area (Å²) >= 11 is 3.42. The monoisotopic (exact) mass is 631 g/mol. The van der Waals surface area contributed by atoms with Crippen LogP contribution in [0.25, 0.3) is 16.6 Å². The van der Waals surface area contributed by atoms with Crippen molar-refractivity contribution in [3.05, 3.63) is 52.1 Å². The van der Waals surface area contributed by atoms with Crippen molar-refractivity contribution in [2.24, 2.45) is 11.8 Å². The van der Waals surface area contributed by atoms with Gasteiger partial charge in [0.15, 0.2) is 0 Å². The number of hydrogen-bond acceptors (Lipinski definition) is 6. The van der Waals surface area contributed by atoms with Gasteiger partial charge < -0.3 is 15.7 Å². The molecular formula is C27H30BrN5O6S. The van der Waals surface area contributed by atoms with Crippen LogP contribution in [-0.2, 0) is 19.6 Å². The number of nitrogens with zero attached hydrogens (tertiary/aromatic N) is 3. The molecule has 2 amide bonds. The van der Waals surface area contributed by atoms with E-state index in [2.05, 4.69) is 26.6 Å². The van der Waals surface area contributed by atoms with Gasteiger partial charge in [-0.2, -0.15) is 5.10 Å². The van der Waals surface area contributed by atoms with Gasteiger partial charge in [0.25, 0.3) is 5.91 Å². The minimum absolute atomic E-state index is 0.118. The Morgan fingerprint density at radius 1 is 1.15 bits per heavy atom. The van der Waals surface area contributed by atoms with E-state index in [0.29, 0.717) is 40.8 Å². The minimum Gasteiger partial charge on any atom is -0.481 e. The molecule has 1 heterocycles. The number of aliphatic carboxylic acids is 1. The predicted molar refractivity (Wildman–Crippen MR) is 153 cm³/mol. The molecule has 2 aliphatic carbocycles. The van der Waals surface area contributed by atoms with Crippen LogP contribution in [0.15, 0.2) is 40.9 Å². The molecule has 0 saturated heterocycles. The summed E-state index contributed by atoms with van der Waals surface area (Å²) in [5, 5.41) is 19.8. The fraction of sp³-hybridized carbons (Fsp3) is 0.407. The van der Waals surface area contributed by atoms with Crippen LogP contribution in [0.2, 0.25) is 0 Å². The first kappa shape index (κ1) is 28.1. The number of amides is 2. The average molecular weight is 633 g/mol. The van der Waals surface area contributed by atoms with Crippen LogP contribution in [0.1, 0.15) is 47.7 Å². The van der Waals surface area contributed by atoms with Crippen LogP contribution in [0.3, 0.4) is 0 Å². The molecule has 1 aromatic heterocycles. The highest BCUT2D eigenvalue weighted by molar-refractivity contribution is 9.10. The highest BCUT2D eigenvalue weighted by atomic mass is 79.9. The van der Waals surface area contributed by atoms with Gasteiger partial charge in [0, 0.05) is 30.0 Å². The molecule has 0 aliphatic heterocycles. The van der Waals surface area contributed by atoms with Gasteiger partial charge in [-0.1, -0.05) is 15.9 Å². The van der Waals surface area contributed by atoms with Crippen LogP contribution in [-0.4, -0.2) is 67.5 Å². The number of carboxylic acid groups (broad SMARTS) is 1. The number of benzene rings is 2. The molecule has 2 aromatic carbocycles. The first-order chi connectivity index (χ1) is 19.0. The van der Waals surface area contributed by atoms with Crippen molar-refractivity contribution in [1.29, 1.82) is 0 Å². The lowest BCUT2D eigenvalue weighted by molar-refractivity contribution is -0.140. The fourth-order valence-corrected chi connectivity index (χ4v) is 6.21. The molecule has 212 valence electrons. The number of sulfonamides is 1. The highest BCUT2D eigenvalue weighted by Crippen LogP contribution is 2.46. The van der Waals surface area contributed by atoms with Crippen LogP contribution in [0.4, 0.5) is 5.69 Å². The summed E-state index contributed by atoms with van der Waals surface area (Å²) < 4.78 is 29.8. The Labute approximate surface area is 240 Å². The lowest BCUT2D eigenvalue weighted by Gasteiger charge is -2.25. The number of anilines is 1. The lowest BCUT2D eigenvalue weighted by Crippen LogP contribution is -2.35. The van der Waals surface area contributed by atoms with E-state index in [1.165, 1.54) is 4.31 Å². The highest BCUT2D eigenvalue weighted by Gasteiger charge is 2.48. The van der Waals surface area contributed by atoms with E-state index < -0.39 is 27.8 Å². The number of hydrogen-bond donors (Lipinski definition) is 3. The standard InChI is InChI=1S/C27H30BrN5O6S/c1-29-26(35)24-21-12-18(15-4-5-15)23(14-22(21)31-33(24)17-8-6-16(28)7-9-17)32(40(2,38)39)11-3-10-30-25(34)19-13-20(19)27(36)37/h6-9,12,14-15,19-20H,3-5,10-11,13H2,1-2H3,(H,29,35)(H,30,34)(H,36,37). The normalized spacial score (nSPS) is 18.4. The summed E-state index contributed by atoms with van der Waals surface area (Å²) in [6.45, 7) is 0.334. The summed E-state index contributed by atoms with van der Waals surface area (Å²) in [5.74, 6) is -2.61. The van der Waals surface area contributed by atoms with Gasteiger partial charge in [-0.15, -0.1) is 0 Å². The van der Waals surface area contributed by atoms with Crippen molar-refractivity contribution >= 4 is 60.3 Å². The molecule has 0 radical (unpaired) electrons. The summed E-state index contributed by atoms with van der Waals surface area (Å²) in [6, 6.07) is 11.0. The number of carbonyl (C=O) groups excluding carboxylic acids is 2. The molecule has 11 nitrogen and oxygen atoms in total. The Hall–Kier alpha value is -3.45. The summed E-state index contributed by atoms with van der Waals surface area (Å²) in [4.78, 5) is 36.3. The van der Waals surface area contributed by atoms with Crippen molar-refractivity contribution in [3.8, 4) is 5.69 Å². The Morgan fingerprint density at radius 2 is 1.85 bits per heavy atom. The first-order valence-corrected chi connectivity index (χ1v) is 15.7. The summed E-state index contributed by atoms with van der Waals surface area (Å²) in [5.41, 5.74) is 2.88. The second-order valence-electron chi connectivity index (χ2n) is 10.3. The molecule has 40 heavy (non-hydrogen) atoms. The van der Waals surface area contributed by atoms with E-state index in [1.54, 1.807) is 17.8 Å². The molecule has 2 saturated carbocycles. The Kier molecular flexibility index (Phi) is 7.62. The number of carboxylic acids is 1. The molecule has 2 unspecified atom stereocenters. The third-order valence-corrected chi connectivity index (χ3v) is 9.01. The zero-order valence-electron chi connectivity index (χ0n) is 22.1. The van der Waals surface area contributed by atoms with Gasteiger partial charge in [-0.25, -0.2) is 13.1 Å². The number of aromatic nitrogens is 2. The molecular weight excluding hydrogens is 602 g/mol. The van der Waals surface area contributed by atoms with Gasteiger partial charge in [-0.3, -0.25) is 18.7 Å². The van der Waals surface area contributed by atoms with E-state index in [4.69, 9.17) is 10.2 Å². The molecule has 0 bridgehead atoms. The molecule has 0 spiro atoms. The number of rotatable bonds is 11. The molecule has 2 aliphatic rings. The molecule has 3 N–H and O–H groups in total. The van der Waals surface area contributed by atoms with Crippen LogP contribution in [0.5, 0.6) is 0 Å². The second-order valence-corrected chi connectivity index (χ2v) is 13.1. The maximum atomic E-state index is 13.0. The number of fused-ring (bicyclic) bond motifs is 1. The Bertz CT molecular complexity index is 1600. The largest absolute Gasteiger partial charge is 0.481 e. The first-order valence-electron chi connectivity index (χ1n) is 13.0. The average Bonchev–Trinajstić information content (AvgIpc) is 3.83.